The summed E-state index contributed by atoms with van der Waals surface area (Å²) in [5.74, 6) is -0.330. The van der Waals surface area contributed by atoms with Gasteiger partial charge in [0, 0.05) is 30.6 Å². The molecule has 1 fully saturated rings. The first kappa shape index (κ1) is 16.3. The van der Waals surface area contributed by atoms with Gasteiger partial charge in [-0.25, -0.2) is 8.42 Å². The maximum Gasteiger partial charge on any atom is 0.243 e. The lowest BCUT2D eigenvalue weighted by Crippen LogP contribution is -2.28. The molecule has 0 saturated carbocycles. The number of benzene rings is 1. The number of rotatable bonds is 5. The van der Waals surface area contributed by atoms with E-state index in [0.717, 1.165) is 12.8 Å². The molecular weight excluding hydrogens is 312 g/mol. The van der Waals surface area contributed by atoms with Crippen LogP contribution >= 0.6 is 11.6 Å². The van der Waals surface area contributed by atoms with Crippen molar-refractivity contribution in [2.75, 3.05) is 24.3 Å². The molecule has 0 bridgehead atoms. The molecule has 1 unspecified atom stereocenters. The van der Waals surface area contributed by atoms with Crippen LogP contribution in [0.1, 0.15) is 19.8 Å². The second-order valence-corrected chi connectivity index (χ2v) is 7.43. The van der Waals surface area contributed by atoms with Crippen LogP contribution in [0.2, 0.25) is 0 Å². The van der Waals surface area contributed by atoms with Gasteiger partial charge in [-0.3, -0.25) is 4.79 Å². The molecule has 5 nitrogen and oxygen atoms in total. The van der Waals surface area contributed by atoms with Gasteiger partial charge in [0.15, 0.2) is 0 Å². The molecule has 1 N–H and O–H groups in total. The van der Waals surface area contributed by atoms with Crippen molar-refractivity contribution < 1.29 is 13.2 Å². The van der Waals surface area contributed by atoms with E-state index in [2.05, 4.69) is 5.32 Å². The third kappa shape index (κ3) is 3.75. The summed E-state index contributed by atoms with van der Waals surface area (Å²) >= 11 is 5.64. The van der Waals surface area contributed by atoms with E-state index in [1.165, 1.54) is 10.4 Å². The number of carbonyl (C=O) groups excluding carboxylic acids is 1. The number of sulfonamides is 1. The van der Waals surface area contributed by atoms with Gasteiger partial charge in [0.1, 0.15) is 0 Å². The maximum absolute atomic E-state index is 12.5. The quantitative estimate of drug-likeness (QED) is 0.842. The zero-order valence-electron chi connectivity index (χ0n) is 11.9. The van der Waals surface area contributed by atoms with Gasteiger partial charge in [-0.2, -0.15) is 4.31 Å². The molecule has 1 aromatic carbocycles. The first-order valence-corrected chi connectivity index (χ1v) is 8.89. The maximum atomic E-state index is 12.5. The van der Waals surface area contributed by atoms with Crippen molar-refractivity contribution in [2.24, 2.45) is 5.92 Å². The van der Waals surface area contributed by atoms with Crippen molar-refractivity contribution in [2.45, 2.75) is 24.7 Å². The Morgan fingerprint density at radius 3 is 2.67 bits per heavy atom. The predicted octanol–water partition coefficient (Wildman–Crippen LogP) is 2.28. The Kier molecular flexibility index (Phi) is 5.24. The third-order valence-electron chi connectivity index (χ3n) is 3.48. The van der Waals surface area contributed by atoms with Crippen molar-refractivity contribution in [3.05, 3.63) is 24.3 Å². The molecular formula is C14H19ClN2O3S. The molecule has 1 aromatic rings. The molecule has 2 rings (SSSR count). The van der Waals surface area contributed by atoms with Gasteiger partial charge in [0.25, 0.3) is 0 Å². The highest BCUT2D eigenvalue weighted by atomic mass is 35.5. The van der Waals surface area contributed by atoms with E-state index in [0.29, 0.717) is 18.8 Å². The number of halogens is 1. The molecule has 0 radical (unpaired) electrons. The Morgan fingerprint density at radius 2 is 2.05 bits per heavy atom. The average Bonchev–Trinajstić information content (AvgIpc) is 3.01. The fourth-order valence-electron chi connectivity index (χ4n) is 2.15. The minimum absolute atomic E-state index is 0.209. The van der Waals surface area contributed by atoms with E-state index in [4.69, 9.17) is 11.6 Å². The van der Waals surface area contributed by atoms with Crippen LogP contribution in [0, 0.1) is 5.92 Å². The number of hydrogen-bond acceptors (Lipinski definition) is 3. The van der Waals surface area contributed by atoms with E-state index >= 15 is 0 Å². The van der Waals surface area contributed by atoms with E-state index in [1.807, 2.05) is 0 Å². The minimum atomic E-state index is -3.47. The zero-order chi connectivity index (χ0) is 15.5. The summed E-state index contributed by atoms with van der Waals surface area (Å²) in [7, 11) is -3.47. The van der Waals surface area contributed by atoms with Crippen LogP contribution in [0.3, 0.4) is 0 Å². The largest absolute Gasteiger partial charge is 0.326 e. The Hall–Kier alpha value is -1.11. The molecule has 0 aromatic heterocycles. The summed E-state index contributed by atoms with van der Waals surface area (Å²) in [6.45, 7) is 2.83. The molecule has 0 aliphatic carbocycles. The highest BCUT2D eigenvalue weighted by molar-refractivity contribution is 7.89. The van der Waals surface area contributed by atoms with Crippen molar-refractivity contribution in [1.82, 2.24) is 4.31 Å². The molecule has 1 amide bonds. The van der Waals surface area contributed by atoms with Crippen LogP contribution in [0.5, 0.6) is 0 Å². The van der Waals surface area contributed by atoms with Crippen LogP contribution in [0.25, 0.3) is 0 Å². The van der Waals surface area contributed by atoms with Gasteiger partial charge >= 0.3 is 0 Å². The molecule has 1 atom stereocenters. The van der Waals surface area contributed by atoms with E-state index in [1.54, 1.807) is 25.1 Å². The fraction of sp³-hybridized carbons (Fsp3) is 0.500. The summed E-state index contributed by atoms with van der Waals surface area (Å²) in [6.07, 6.45) is 1.78. The summed E-state index contributed by atoms with van der Waals surface area (Å²) < 4.78 is 26.4. The van der Waals surface area contributed by atoms with E-state index in [-0.39, 0.29) is 22.6 Å². The lowest BCUT2D eigenvalue weighted by Gasteiger charge is -2.16. The Balaban J connectivity index is 2.19. The van der Waals surface area contributed by atoms with Crippen molar-refractivity contribution in [3.63, 3.8) is 0 Å². The van der Waals surface area contributed by atoms with Gasteiger partial charge in [0.05, 0.1) is 4.90 Å². The molecule has 116 valence electrons. The van der Waals surface area contributed by atoms with Crippen LogP contribution in [-0.2, 0) is 14.8 Å². The smallest absolute Gasteiger partial charge is 0.243 e. The Labute approximate surface area is 130 Å². The van der Waals surface area contributed by atoms with Crippen molar-refractivity contribution in [3.8, 4) is 0 Å². The summed E-state index contributed by atoms with van der Waals surface area (Å²) in [5, 5.41) is 2.69. The first-order chi connectivity index (χ1) is 9.95. The Bertz CT molecular complexity index is 612. The fourth-order valence-corrected chi connectivity index (χ4v) is 3.85. The average molecular weight is 331 g/mol. The normalized spacial score (nSPS) is 17.6. The topological polar surface area (TPSA) is 66.5 Å². The van der Waals surface area contributed by atoms with Gasteiger partial charge in [0.2, 0.25) is 15.9 Å². The van der Waals surface area contributed by atoms with Gasteiger partial charge < -0.3 is 5.32 Å². The molecule has 1 aliphatic heterocycles. The van der Waals surface area contributed by atoms with Crippen molar-refractivity contribution >= 4 is 33.2 Å². The highest BCUT2D eigenvalue weighted by Gasteiger charge is 2.27. The minimum Gasteiger partial charge on any atom is -0.326 e. The zero-order valence-corrected chi connectivity index (χ0v) is 13.5. The number of nitrogens with zero attached hydrogens (tertiary/aromatic N) is 1. The second kappa shape index (κ2) is 6.77. The SMILES string of the molecule is CC(CCl)C(=O)Nc1cccc(S(=O)(=O)N2CCCC2)c1. The lowest BCUT2D eigenvalue weighted by atomic mass is 10.2. The third-order valence-corrected chi connectivity index (χ3v) is 5.84. The number of anilines is 1. The van der Waals surface area contributed by atoms with Crippen molar-refractivity contribution in [1.29, 1.82) is 0 Å². The lowest BCUT2D eigenvalue weighted by molar-refractivity contribution is -0.118. The molecule has 0 spiro atoms. The van der Waals surface area contributed by atoms with Crippen LogP contribution in [0.4, 0.5) is 5.69 Å². The summed E-state index contributed by atoms with van der Waals surface area (Å²) in [4.78, 5) is 12.0. The molecule has 1 heterocycles. The number of carbonyl (C=O) groups is 1. The highest BCUT2D eigenvalue weighted by Crippen LogP contribution is 2.23. The number of alkyl halides is 1. The molecule has 21 heavy (non-hydrogen) atoms. The van der Waals surface area contributed by atoms with Crippen LogP contribution in [-0.4, -0.2) is 37.6 Å². The van der Waals surface area contributed by atoms with Crippen LogP contribution in [0.15, 0.2) is 29.2 Å². The van der Waals surface area contributed by atoms with Gasteiger partial charge in [-0.05, 0) is 31.0 Å². The summed E-state index contributed by atoms with van der Waals surface area (Å²) in [6, 6.07) is 6.34. The molecule has 1 saturated heterocycles. The predicted molar refractivity (Wildman–Crippen MR) is 82.9 cm³/mol. The molecule has 7 heteroatoms. The number of hydrogen-bond donors (Lipinski definition) is 1. The van der Waals surface area contributed by atoms with E-state index < -0.39 is 10.0 Å². The Morgan fingerprint density at radius 1 is 1.38 bits per heavy atom. The van der Waals surface area contributed by atoms with Crippen LogP contribution < -0.4 is 5.32 Å². The number of nitrogens with one attached hydrogen (secondary N) is 1. The van der Waals surface area contributed by atoms with E-state index in [9.17, 15) is 13.2 Å². The first-order valence-electron chi connectivity index (χ1n) is 6.92. The van der Waals surface area contributed by atoms with Gasteiger partial charge in [-0.1, -0.05) is 13.0 Å². The monoisotopic (exact) mass is 330 g/mol. The van der Waals surface area contributed by atoms with Gasteiger partial charge in [-0.15, -0.1) is 11.6 Å². The number of amides is 1. The molecule has 1 aliphatic rings. The standard InChI is InChI=1S/C14H19ClN2O3S/c1-11(10-15)14(18)16-12-5-4-6-13(9-12)21(19,20)17-7-2-3-8-17/h4-6,9,11H,2-3,7-8,10H2,1H3,(H,16,18). The second-order valence-electron chi connectivity index (χ2n) is 5.18. The summed E-state index contributed by atoms with van der Waals surface area (Å²) in [5.41, 5.74) is 0.470.